The Hall–Kier alpha value is -5.38. The number of rotatable bonds is 9. The van der Waals surface area contributed by atoms with E-state index in [9.17, 15) is 4.39 Å². The smallest absolute Gasteiger partial charge is 0.138 e. The predicted molar refractivity (Wildman–Crippen MR) is 176 cm³/mol. The number of ether oxygens (including phenoxy) is 1. The van der Waals surface area contributed by atoms with Gasteiger partial charge in [0.05, 0.1) is 17.4 Å². The Kier molecular flexibility index (Phi) is 7.54. The number of aromatic nitrogens is 5. The summed E-state index contributed by atoms with van der Waals surface area (Å²) in [4.78, 5) is 14.4. The fourth-order valence-electron chi connectivity index (χ4n) is 5.68. The Morgan fingerprint density at radius 2 is 1.76 bits per heavy atom. The van der Waals surface area contributed by atoms with E-state index in [0.29, 0.717) is 24.5 Å². The lowest BCUT2D eigenvalue weighted by Crippen LogP contribution is -2.26. The van der Waals surface area contributed by atoms with Crippen LogP contribution in [0.5, 0.6) is 5.75 Å². The number of nitrogens with one attached hydrogen (secondary N) is 2. The molecule has 8 nitrogen and oxygen atoms in total. The van der Waals surface area contributed by atoms with Gasteiger partial charge in [-0.1, -0.05) is 36.4 Å². The predicted octanol–water partition coefficient (Wildman–Crippen LogP) is 7.11. The number of fused-ring (bicyclic) bond motifs is 2. The van der Waals surface area contributed by atoms with Gasteiger partial charge in [0.15, 0.2) is 0 Å². The first-order valence-electron chi connectivity index (χ1n) is 14.7. The first-order chi connectivity index (χ1) is 21.9. The number of pyridine rings is 2. The number of hydrogen-bond donors (Lipinski definition) is 3. The highest BCUT2D eigenvalue weighted by Crippen LogP contribution is 2.36. The highest BCUT2D eigenvalue weighted by atomic mass is 19.1. The molecule has 0 radical (unpaired) electrons. The van der Waals surface area contributed by atoms with Gasteiger partial charge in [0.2, 0.25) is 0 Å². The van der Waals surface area contributed by atoms with E-state index in [-0.39, 0.29) is 11.9 Å². The number of nitrogens with zero attached hydrogens (tertiary/aromatic N) is 4. The molecule has 4 aromatic heterocycles. The lowest BCUT2D eigenvalue weighted by molar-refractivity contribution is 0.305. The molecule has 3 aromatic carbocycles. The van der Waals surface area contributed by atoms with E-state index in [0.717, 1.165) is 61.1 Å². The maximum atomic E-state index is 14.8. The molecule has 0 bridgehead atoms. The minimum atomic E-state index is -0.327. The molecule has 0 aliphatic heterocycles. The van der Waals surface area contributed by atoms with Gasteiger partial charge in [-0.2, -0.15) is 5.10 Å². The lowest BCUT2D eigenvalue weighted by Gasteiger charge is -2.18. The second-order valence-corrected chi connectivity index (χ2v) is 11.5. The average Bonchev–Trinajstić information content (AvgIpc) is 3.68. The molecule has 0 aliphatic rings. The molecule has 1 unspecified atom stereocenters. The number of halogens is 1. The maximum Gasteiger partial charge on any atom is 0.138 e. The van der Waals surface area contributed by atoms with Gasteiger partial charge < -0.3 is 20.4 Å². The third-order valence-corrected chi connectivity index (χ3v) is 7.87. The molecule has 45 heavy (non-hydrogen) atoms. The zero-order valence-corrected chi connectivity index (χ0v) is 25.0. The molecule has 7 aromatic rings. The van der Waals surface area contributed by atoms with Crippen molar-refractivity contribution in [3.8, 4) is 39.4 Å². The quantitative estimate of drug-likeness (QED) is 0.164. The maximum absolute atomic E-state index is 14.8. The SMILES string of the molecule is CN(C)CC(N)c1cc(F)cc(-c2ccnc3[nH]c(-c4n[nH]c5ccc(-c6cncc(OCc7ccccc7)c6)cc45)cc23)c1. The summed E-state index contributed by atoms with van der Waals surface area (Å²) in [6.07, 6.45) is 5.27. The van der Waals surface area contributed by atoms with Crippen LogP contribution >= 0.6 is 0 Å². The molecule has 7 rings (SSSR count). The van der Waals surface area contributed by atoms with Crippen LogP contribution in [-0.4, -0.2) is 50.7 Å². The van der Waals surface area contributed by atoms with Crippen molar-refractivity contribution in [3.63, 3.8) is 0 Å². The topological polar surface area (TPSA) is 109 Å². The third-order valence-electron chi connectivity index (χ3n) is 7.87. The Balaban J connectivity index is 1.22. The van der Waals surface area contributed by atoms with Crippen molar-refractivity contribution in [1.82, 2.24) is 30.0 Å². The average molecular weight is 598 g/mol. The van der Waals surface area contributed by atoms with Crippen LogP contribution in [0.1, 0.15) is 17.2 Å². The standard InChI is InChI=1S/C36H32FN7O/c1-44(2)20-32(38)25-12-24(13-27(37)14-25)29-10-11-40-36-30(29)17-34(41-36)35-31-16-23(8-9-33(31)42-43-35)26-15-28(19-39-18-26)45-21-22-6-4-3-5-7-22/h3-19,32H,20-21,38H2,1-2H3,(H,40,41)(H,42,43). The van der Waals surface area contributed by atoms with Crippen LogP contribution in [-0.2, 0) is 6.61 Å². The molecular formula is C36H32FN7O. The number of benzene rings is 3. The summed E-state index contributed by atoms with van der Waals surface area (Å²) in [6.45, 7) is 1.07. The van der Waals surface area contributed by atoms with Crippen molar-refractivity contribution >= 4 is 21.9 Å². The van der Waals surface area contributed by atoms with Crippen molar-refractivity contribution in [3.05, 3.63) is 120 Å². The second-order valence-electron chi connectivity index (χ2n) is 11.5. The van der Waals surface area contributed by atoms with E-state index in [1.807, 2.05) is 91.9 Å². The van der Waals surface area contributed by atoms with Crippen molar-refractivity contribution in [2.24, 2.45) is 5.73 Å². The van der Waals surface area contributed by atoms with E-state index in [1.54, 1.807) is 12.4 Å². The lowest BCUT2D eigenvalue weighted by atomic mass is 9.98. The molecule has 0 fully saturated rings. The Morgan fingerprint density at radius 1 is 0.889 bits per heavy atom. The molecule has 0 saturated carbocycles. The second kappa shape index (κ2) is 12.0. The number of likely N-dealkylation sites (N-methyl/N-ethyl adjacent to an activating group) is 1. The Morgan fingerprint density at radius 3 is 2.60 bits per heavy atom. The fourth-order valence-corrected chi connectivity index (χ4v) is 5.68. The highest BCUT2D eigenvalue weighted by molar-refractivity contribution is 6.00. The molecule has 9 heteroatoms. The largest absolute Gasteiger partial charge is 0.487 e. The molecule has 0 aliphatic carbocycles. The summed E-state index contributed by atoms with van der Waals surface area (Å²) >= 11 is 0. The van der Waals surface area contributed by atoms with E-state index in [1.165, 1.54) is 12.1 Å². The van der Waals surface area contributed by atoms with Crippen molar-refractivity contribution < 1.29 is 9.13 Å². The summed E-state index contributed by atoms with van der Waals surface area (Å²) in [6, 6.07) is 26.8. The van der Waals surface area contributed by atoms with Crippen LogP contribution in [0.2, 0.25) is 0 Å². The summed E-state index contributed by atoms with van der Waals surface area (Å²) < 4.78 is 20.8. The zero-order valence-electron chi connectivity index (χ0n) is 25.0. The van der Waals surface area contributed by atoms with Crippen molar-refractivity contribution in [2.45, 2.75) is 12.6 Å². The summed E-state index contributed by atoms with van der Waals surface area (Å²) in [5, 5.41) is 9.61. The number of nitrogens with two attached hydrogens (primary N) is 1. The Bertz CT molecular complexity index is 2120. The summed E-state index contributed by atoms with van der Waals surface area (Å²) in [5.74, 6) is 0.369. The van der Waals surface area contributed by atoms with Crippen LogP contribution in [0.15, 0.2) is 104 Å². The summed E-state index contributed by atoms with van der Waals surface area (Å²) in [7, 11) is 3.90. The first kappa shape index (κ1) is 28.4. The molecule has 0 saturated heterocycles. The fraction of sp³-hybridized carbons (Fsp3) is 0.139. The minimum absolute atomic E-state index is 0.315. The normalized spacial score (nSPS) is 12.3. The monoisotopic (exact) mass is 597 g/mol. The van der Waals surface area contributed by atoms with Gasteiger partial charge in [0, 0.05) is 41.3 Å². The molecule has 0 spiro atoms. The molecule has 4 heterocycles. The van der Waals surface area contributed by atoms with Crippen LogP contribution < -0.4 is 10.5 Å². The molecule has 1 atom stereocenters. The highest BCUT2D eigenvalue weighted by Gasteiger charge is 2.17. The minimum Gasteiger partial charge on any atom is -0.487 e. The van der Waals surface area contributed by atoms with Crippen LogP contribution in [0.3, 0.4) is 0 Å². The third kappa shape index (κ3) is 5.91. The van der Waals surface area contributed by atoms with Gasteiger partial charge in [-0.05, 0) is 90.4 Å². The number of hydrogen-bond acceptors (Lipinski definition) is 6. The first-order valence-corrected chi connectivity index (χ1v) is 14.7. The van der Waals surface area contributed by atoms with Gasteiger partial charge in [-0.25, -0.2) is 9.37 Å². The van der Waals surface area contributed by atoms with Crippen molar-refractivity contribution in [1.29, 1.82) is 0 Å². The van der Waals surface area contributed by atoms with Gasteiger partial charge in [0.1, 0.15) is 29.5 Å². The van der Waals surface area contributed by atoms with Gasteiger partial charge in [0.25, 0.3) is 0 Å². The van der Waals surface area contributed by atoms with E-state index in [4.69, 9.17) is 10.5 Å². The Labute approximate surface area is 259 Å². The molecule has 4 N–H and O–H groups in total. The van der Waals surface area contributed by atoms with Crippen LogP contribution in [0.25, 0.3) is 55.6 Å². The van der Waals surface area contributed by atoms with E-state index >= 15 is 0 Å². The number of H-pyrrole nitrogens is 2. The molecular weight excluding hydrogens is 565 g/mol. The van der Waals surface area contributed by atoms with Gasteiger partial charge in [-0.3, -0.25) is 10.1 Å². The molecule has 224 valence electrons. The van der Waals surface area contributed by atoms with Gasteiger partial charge in [-0.15, -0.1) is 0 Å². The zero-order chi connectivity index (χ0) is 30.9. The van der Waals surface area contributed by atoms with Crippen LogP contribution in [0, 0.1) is 5.82 Å². The van der Waals surface area contributed by atoms with Gasteiger partial charge >= 0.3 is 0 Å². The van der Waals surface area contributed by atoms with E-state index < -0.39 is 0 Å². The van der Waals surface area contributed by atoms with Crippen molar-refractivity contribution in [2.75, 3.05) is 20.6 Å². The number of aromatic amines is 2. The summed E-state index contributed by atoms with van der Waals surface area (Å²) in [5.41, 5.74) is 14.9. The van der Waals surface area contributed by atoms with Crippen LogP contribution in [0.4, 0.5) is 4.39 Å². The van der Waals surface area contributed by atoms with E-state index in [2.05, 4.69) is 31.2 Å². The molecule has 0 amide bonds.